The van der Waals surface area contributed by atoms with E-state index in [-0.39, 0.29) is 5.91 Å². The molecule has 6 heteroatoms. The molecule has 1 unspecified atom stereocenters. The lowest BCUT2D eigenvalue weighted by atomic mass is 10.2. The summed E-state index contributed by atoms with van der Waals surface area (Å²) in [6.07, 6.45) is 4.57. The van der Waals surface area contributed by atoms with Crippen LogP contribution in [0.15, 0.2) is 18.5 Å². The third-order valence-electron chi connectivity index (χ3n) is 3.09. The number of nitrogens with zero attached hydrogens (tertiary/aromatic N) is 2. The molecule has 19 heavy (non-hydrogen) atoms. The van der Waals surface area contributed by atoms with Gasteiger partial charge in [-0.3, -0.25) is 9.78 Å². The lowest BCUT2D eigenvalue weighted by molar-refractivity contribution is -0.121. The van der Waals surface area contributed by atoms with Crippen LogP contribution in [0.3, 0.4) is 0 Å². The molecule has 6 nitrogen and oxygen atoms in total. The summed E-state index contributed by atoms with van der Waals surface area (Å²) in [6.45, 7) is 4.58. The zero-order valence-corrected chi connectivity index (χ0v) is 11.1. The van der Waals surface area contributed by atoms with Crippen LogP contribution >= 0.6 is 0 Å². The van der Waals surface area contributed by atoms with E-state index in [9.17, 15) is 4.79 Å². The van der Waals surface area contributed by atoms with Crippen molar-refractivity contribution in [3.8, 4) is 0 Å². The van der Waals surface area contributed by atoms with Gasteiger partial charge < -0.3 is 20.7 Å². The molecule has 0 aliphatic carbocycles. The molecule has 0 spiro atoms. The molecule has 1 atom stereocenters. The summed E-state index contributed by atoms with van der Waals surface area (Å²) in [5, 5.41) is 3.28. The second-order valence-electron chi connectivity index (χ2n) is 4.55. The molecule has 1 amide bonds. The lowest BCUT2D eigenvalue weighted by Gasteiger charge is -2.35. The fourth-order valence-corrected chi connectivity index (χ4v) is 2.10. The van der Waals surface area contributed by atoms with E-state index in [4.69, 9.17) is 10.5 Å². The molecule has 1 saturated heterocycles. The minimum absolute atomic E-state index is 0.335. The van der Waals surface area contributed by atoms with Gasteiger partial charge in [0.25, 0.3) is 0 Å². The third kappa shape index (κ3) is 3.35. The summed E-state index contributed by atoms with van der Waals surface area (Å²) in [4.78, 5) is 17.6. The maximum Gasteiger partial charge on any atom is 0.242 e. The summed E-state index contributed by atoms with van der Waals surface area (Å²) in [6, 6.07) is 1.57. The van der Waals surface area contributed by atoms with Gasteiger partial charge in [0.1, 0.15) is 6.04 Å². The number of hydrogen-bond donors (Lipinski definition) is 2. The van der Waals surface area contributed by atoms with Gasteiger partial charge in [-0.05, 0) is 12.5 Å². The lowest BCUT2D eigenvalue weighted by Crippen LogP contribution is -2.52. The molecule has 3 N–H and O–H groups in total. The molecule has 2 heterocycles. The molecule has 0 saturated carbocycles. The van der Waals surface area contributed by atoms with Gasteiger partial charge in [0.2, 0.25) is 5.91 Å². The predicted molar refractivity (Wildman–Crippen MR) is 74.2 cm³/mol. The molecular weight excluding hydrogens is 244 g/mol. The first-order chi connectivity index (χ1) is 9.22. The van der Waals surface area contributed by atoms with E-state index in [0.717, 1.165) is 24.3 Å². The number of anilines is 2. The van der Waals surface area contributed by atoms with Crippen molar-refractivity contribution in [1.82, 2.24) is 4.98 Å². The van der Waals surface area contributed by atoms with Crippen molar-refractivity contribution in [2.75, 3.05) is 36.5 Å². The van der Waals surface area contributed by atoms with E-state index in [1.807, 2.05) is 11.0 Å². The third-order valence-corrected chi connectivity index (χ3v) is 3.09. The maximum atomic E-state index is 11.5. The zero-order valence-electron chi connectivity index (χ0n) is 11.1. The van der Waals surface area contributed by atoms with Gasteiger partial charge in [0.15, 0.2) is 0 Å². The minimum atomic E-state index is -0.419. The Morgan fingerprint density at radius 2 is 2.47 bits per heavy atom. The molecule has 0 aromatic carbocycles. The molecular formula is C13H20N4O2. The molecule has 1 aliphatic heterocycles. The molecule has 1 aromatic rings. The Hall–Kier alpha value is -1.82. The smallest absolute Gasteiger partial charge is 0.242 e. The van der Waals surface area contributed by atoms with Gasteiger partial charge in [-0.2, -0.15) is 0 Å². The van der Waals surface area contributed by atoms with Crippen LogP contribution in [0.25, 0.3) is 0 Å². The van der Waals surface area contributed by atoms with E-state index >= 15 is 0 Å². The number of carbonyl (C=O) groups is 1. The second-order valence-corrected chi connectivity index (χ2v) is 4.55. The largest absolute Gasteiger partial charge is 0.384 e. The van der Waals surface area contributed by atoms with E-state index in [0.29, 0.717) is 19.8 Å². The van der Waals surface area contributed by atoms with E-state index in [2.05, 4.69) is 17.2 Å². The summed E-state index contributed by atoms with van der Waals surface area (Å²) >= 11 is 0. The standard InChI is InChI=1S/C13H20N4O2/c1-2-3-16-10-6-11(8-15-7-10)17-4-5-19-9-12(17)13(14)18/h6-8,12,16H,2-5,9H2,1H3,(H2,14,18). The summed E-state index contributed by atoms with van der Waals surface area (Å²) in [7, 11) is 0. The van der Waals surface area contributed by atoms with Crippen molar-refractivity contribution >= 4 is 17.3 Å². The number of nitrogens with two attached hydrogens (primary N) is 1. The Balaban J connectivity index is 2.16. The van der Waals surface area contributed by atoms with Crippen LogP contribution in [-0.4, -0.2) is 43.2 Å². The summed E-state index contributed by atoms with van der Waals surface area (Å²) in [5.74, 6) is -0.369. The number of amides is 1. The fourth-order valence-electron chi connectivity index (χ4n) is 2.10. The molecule has 0 bridgehead atoms. The van der Waals surface area contributed by atoms with Crippen LogP contribution in [0.5, 0.6) is 0 Å². The van der Waals surface area contributed by atoms with Gasteiger partial charge in [-0.1, -0.05) is 6.92 Å². The van der Waals surface area contributed by atoms with Crippen LogP contribution in [0.2, 0.25) is 0 Å². The van der Waals surface area contributed by atoms with Gasteiger partial charge in [0, 0.05) is 13.1 Å². The van der Waals surface area contributed by atoms with Crippen molar-refractivity contribution in [3.63, 3.8) is 0 Å². The van der Waals surface area contributed by atoms with Gasteiger partial charge in [-0.25, -0.2) is 0 Å². The number of hydrogen-bond acceptors (Lipinski definition) is 5. The quantitative estimate of drug-likeness (QED) is 0.813. The first kappa shape index (κ1) is 13.6. The highest BCUT2D eigenvalue weighted by Crippen LogP contribution is 2.22. The fraction of sp³-hybridized carbons (Fsp3) is 0.538. The SMILES string of the molecule is CCCNc1cncc(N2CCOCC2C(N)=O)c1. The van der Waals surface area contributed by atoms with E-state index < -0.39 is 6.04 Å². The van der Waals surface area contributed by atoms with Crippen LogP contribution in [0.4, 0.5) is 11.4 Å². The van der Waals surface area contributed by atoms with Gasteiger partial charge in [0.05, 0.1) is 37.0 Å². The first-order valence-corrected chi connectivity index (χ1v) is 6.55. The Bertz CT molecular complexity index is 438. The Kier molecular flexibility index (Phi) is 4.57. The minimum Gasteiger partial charge on any atom is -0.384 e. The van der Waals surface area contributed by atoms with Crippen LogP contribution in [0.1, 0.15) is 13.3 Å². The average Bonchev–Trinajstić information content (AvgIpc) is 2.45. The monoisotopic (exact) mass is 264 g/mol. The molecule has 1 aliphatic rings. The van der Waals surface area contributed by atoms with Crippen molar-refractivity contribution in [3.05, 3.63) is 18.5 Å². The summed E-state index contributed by atoms with van der Waals surface area (Å²) in [5.41, 5.74) is 7.27. The number of aromatic nitrogens is 1. The number of nitrogens with one attached hydrogen (secondary N) is 1. The molecule has 1 fully saturated rings. The van der Waals surface area contributed by atoms with E-state index in [1.165, 1.54) is 0 Å². The van der Waals surface area contributed by atoms with Crippen LogP contribution < -0.4 is 16.0 Å². The number of morpholine rings is 1. The number of primary amides is 1. The molecule has 1 aromatic heterocycles. The highest BCUT2D eigenvalue weighted by atomic mass is 16.5. The van der Waals surface area contributed by atoms with Crippen molar-refractivity contribution in [2.45, 2.75) is 19.4 Å². The average molecular weight is 264 g/mol. The van der Waals surface area contributed by atoms with E-state index in [1.54, 1.807) is 12.4 Å². The highest BCUT2D eigenvalue weighted by molar-refractivity contribution is 5.84. The summed E-state index contributed by atoms with van der Waals surface area (Å²) < 4.78 is 5.31. The molecule has 104 valence electrons. The van der Waals surface area contributed by atoms with Gasteiger partial charge >= 0.3 is 0 Å². The predicted octanol–water partition coefficient (Wildman–Crippen LogP) is 0.594. The van der Waals surface area contributed by atoms with Crippen molar-refractivity contribution in [1.29, 1.82) is 0 Å². The van der Waals surface area contributed by atoms with Crippen molar-refractivity contribution in [2.24, 2.45) is 5.73 Å². The second kappa shape index (κ2) is 6.38. The van der Waals surface area contributed by atoms with Crippen LogP contribution in [-0.2, 0) is 9.53 Å². The first-order valence-electron chi connectivity index (χ1n) is 6.55. The Labute approximate surface area is 112 Å². The van der Waals surface area contributed by atoms with Crippen LogP contribution in [0, 0.1) is 0 Å². The number of carbonyl (C=O) groups excluding carboxylic acids is 1. The van der Waals surface area contributed by atoms with Gasteiger partial charge in [-0.15, -0.1) is 0 Å². The zero-order chi connectivity index (χ0) is 13.7. The topological polar surface area (TPSA) is 80.5 Å². The number of pyridine rings is 1. The normalized spacial score (nSPS) is 19.2. The molecule has 2 rings (SSSR count). The maximum absolute atomic E-state index is 11.5. The number of ether oxygens (including phenoxy) is 1. The molecule has 0 radical (unpaired) electrons. The highest BCUT2D eigenvalue weighted by Gasteiger charge is 2.28. The Morgan fingerprint density at radius 1 is 1.63 bits per heavy atom. The number of rotatable bonds is 5. The Morgan fingerprint density at radius 3 is 3.21 bits per heavy atom. The van der Waals surface area contributed by atoms with Crippen molar-refractivity contribution < 1.29 is 9.53 Å².